The Morgan fingerprint density at radius 1 is 1.18 bits per heavy atom. The molecule has 4 heterocycles. The van der Waals surface area contributed by atoms with Crippen LogP contribution < -0.4 is 14.9 Å². The Morgan fingerprint density at radius 2 is 1.97 bits per heavy atom. The van der Waals surface area contributed by atoms with Gasteiger partial charge in [-0.1, -0.05) is 6.07 Å². The van der Waals surface area contributed by atoms with Gasteiger partial charge in [0.25, 0.3) is 5.91 Å². The Balaban J connectivity index is 1.34. The first kappa shape index (κ1) is 25.6. The van der Waals surface area contributed by atoms with E-state index in [-0.39, 0.29) is 11.9 Å². The van der Waals surface area contributed by atoms with Crippen LogP contribution in [0.25, 0.3) is 11.0 Å². The molecule has 38 heavy (non-hydrogen) atoms. The van der Waals surface area contributed by atoms with E-state index in [1.165, 1.54) is 11.4 Å². The van der Waals surface area contributed by atoms with Gasteiger partial charge in [0.15, 0.2) is 0 Å². The predicted molar refractivity (Wildman–Crippen MR) is 147 cm³/mol. The summed E-state index contributed by atoms with van der Waals surface area (Å²) in [6, 6.07) is 13.1. The van der Waals surface area contributed by atoms with Crippen LogP contribution in [0.4, 0.5) is 17.5 Å². The lowest BCUT2D eigenvalue weighted by Crippen LogP contribution is -2.51. The van der Waals surface area contributed by atoms with Crippen LogP contribution in [0.5, 0.6) is 0 Å². The number of rotatable bonds is 7. The van der Waals surface area contributed by atoms with Gasteiger partial charge in [-0.15, -0.1) is 0 Å². The van der Waals surface area contributed by atoms with Crippen molar-refractivity contribution in [1.82, 2.24) is 29.7 Å². The Kier molecular flexibility index (Phi) is 7.00. The number of nitrogens with zero attached hydrogens (tertiary/aromatic N) is 6. The van der Waals surface area contributed by atoms with E-state index in [0.29, 0.717) is 42.6 Å². The fourth-order valence-electron chi connectivity index (χ4n) is 4.46. The molecule has 0 spiro atoms. The fraction of sp³-hybridized carbons (Fsp3) is 0.308. The number of hydrogen-bond donors (Lipinski definition) is 2. The molecule has 1 fully saturated rings. The van der Waals surface area contributed by atoms with Gasteiger partial charge in [0.2, 0.25) is 16.0 Å². The molecule has 5 rings (SSSR count). The Bertz CT molecular complexity index is 1570. The van der Waals surface area contributed by atoms with Crippen molar-refractivity contribution in [2.45, 2.75) is 19.5 Å². The van der Waals surface area contributed by atoms with Gasteiger partial charge in [0.05, 0.1) is 12.8 Å². The van der Waals surface area contributed by atoms with Crippen LogP contribution in [-0.2, 0) is 16.6 Å². The maximum atomic E-state index is 12.8. The molecule has 3 aromatic heterocycles. The first-order chi connectivity index (χ1) is 18.2. The first-order valence-corrected chi connectivity index (χ1v) is 14.1. The number of sulfonamides is 1. The van der Waals surface area contributed by atoms with E-state index in [4.69, 9.17) is 4.98 Å². The third-order valence-corrected chi connectivity index (χ3v) is 7.72. The summed E-state index contributed by atoms with van der Waals surface area (Å²) in [7, 11) is -1.97. The molecule has 198 valence electrons. The highest BCUT2D eigenvalue weighted by Gasteiger charge is 2.22. The van der Waals surface area contributed by atoms with Crippen LogP contribution in [0.2, 0.25) is 0 Å². The molecule has 0 bridgehead atoms. The molecular weight excluding hydrogens is 504 g/mol. The molecule has 0 saturated carbocycles. The number of piperazine rings is 1. The van der Waals surface area contributed by atoms with E-state index in [2.05, 4.69) is 27.5 Å². The lowest BCUT2D eigenvalue weighted by molar-refractivity contribution is 0.0709. The monoisotopic (exact) mass is 534 g/mol. The molecule has 1 amide bonds. The quantitative estimate of drug-likeness (QED) is 0.370. The molecular formula is C26H30N8O3S. The van der Waals surface area contributed by atoms with Gasteiger partial charge < -0.3 is 20.1 Å². The third-order valence-electron chi connectivity index (χ3n) is 6.55. The van der Waals surface area contributed by atoms with Gasteiger partial charge in [-0.3, -0.25) is 9.10 Å². The normalized spacial score (nSPS) is 16.0. The molecule has 1 aliphatic heterocycles. The van der Waals surface area contributed by atoms with E-state index in [1.54, 1.807) is 30.6 Å². The number of carbonyl (C=O) groups excluding carboxylic acids is 1. The maximum Gasteiger partial charge on any atom is 0.253 e. The summed E-state index contributed by atoms with van der Waals surface area (Å²) in [5.74, 6) is 0.804. The maximum absolute atomic E-state index is 12.8. The predicted octanol–water partition coefficient (Wildman–Crippen LogP) is 2.45. The van der Waals surface area contributed by atoms with Crippen molar-refractivity contribution in [1.29, 1.82) is 0 Å². The number of anilines is 3. The highest BCUT2D eigenvalue weighted by atomic mass is 32.2. The molecule has 1 saturated heterocycles. The van der Waals surface area contributed by atoms with E-state index >= 15 is 0 Å². The van der Waals surface area contributed by atoms with Gasteiger partial charge in [0, 0.05) is 73.5 Å². The number of benzene rings is 1. The summed E-state index contributed by atoms with van der Waals surface area (Å²) in [6.07, 6.45) is 6.34. The average Bonchev–Trinajstić information content (AvgIpc) is 3.30. The lowest BCUT2D eigenvalue weighted by atomic mass is 10.1. The minimum atomic E-state index is -3.46. The molecule has 11 nitrogen and oxygen atoms in total. The van der Waals surface area contributed by atoms with Crippen LogP contribution in [0.1, 0.15) is 22.8 Å². The summed E-state index contributed by atoms with van der Waals surface area (Å²) in [5.41, 5.74) is 2.84. The minimum Gasteiger partial charge on any atom is -0.336 e. The second-order valence-corrected chi connectivity index (χ2v) is 11.5. The van der Waals surface area contributed by atoms with Crippen molar-refractivity contribution in [2.24, 2.45) is 0 Å². The molecule has 2 N–H and O–H groups in total. The Morgan fingerprint density at radius 3 is 2.71 bits per heavy atom. The highest BCUT2D eigenvalue weighted by molar-refractivity contribution is 7.92. The number of aromatic nitrogens is 4. The number of nitrogens with one attached hydrogen (secondary N) is 2. The zero-order chi connectivity index (χ0) is 26.9. The van der Waals surface area contributed by atoms with Gasteiger partial charge >= 0.3 is 0 Å². The number of pyridine rings is 1. The number of fused-ring (bicyclic) bond motifs is 1. The van der Waals surface area contributed by atoms with Crippen molar-refractivity contribution >= 4 is 44.4 Å². The topological polar surface area (TPSA) is 125 Å². The molecule has 1 aliphatic rings. The van der Waals surface area contributed by atoms with Crippen LogP contribution in [0, 0.1) is 0 Å². The number of carbonyl (C=O) groups is 1. The molecule has 0 radical (unpaired) electrons. The van der Waals surface area contributed by atoms with Crippen LogP contribution in [0.15, 0.2) is 61.1 Å². The average molecular weight is 535 g/mol. The summed E-state index contributed by atoms with van der Waals surface area (Å²) >= 11 is 0. The van der Waals surface area contributed by atoms with Crippen molar-refractivity contribution in [3.05, 3.63) is 72.2 Å². The van der Waals surface area contributed by atoms with Crippen LogP contribution >= 0.6 is 0 Å². The second-order valence-electron chi connectivity index (χ2n) is 9.44. The van der Waals surface area contributed by atoms with Crippen LogP contribution in [0.3, 0.4) is 0 Å². The van der Waals surface area contributed by atoms with Crippen molar-refractivity contribution in [2.75, 3.05) is 42.6 Å². The van der Waals surface area contributed by atoms with Crippen molar-refractivity contribution < 1.29 is 13.2 Å². The SMILES string of the molecule is CC1CN(C(=O)c2ccc(Nc3ncc4ccn(Cc5cccnc5N(C)S(C)(=O)=O)c4n3)cc2)CCN1. The highest BCUT2D eigenvalue weighted by Crippen LogP contribution is 2.23. The molecule has 4 aromatic rings. The molecule has 1 aromatic carbocycles. The van der Waals surface area contributed by atoms with E-state index in [0.717, 1.165) is 29.4 Å². The fourth-order valence-corrected chi connectivity index (χ4v) is 4.94. The van der Waals surface area contributed by atoms with Gasteiger partial charge in [0.1, 0.15) is 11.5 Å². The largest absolute Gasteiger partial charge is 0.336 e. The molecule has 1 unspecified atom stereocenters. The van der Waals surface area contributed by atoms with E-state index < -0.39 is 10.0 Å². The Hall–Kier alpha value is -4.03. The third kappa shape index (κ3) is 5.46. The standard InChI is InChI=1S/C26H30N8O3S/c1-18-16-34(14-12-27-18)25(35)19-6-8-22(9-7-19)30-26-29-15-20-10-13-33(24(20)31-26)17-21-5-4-11-28-23(21)32(2)38(3,36)37/h4-11,13,15,18,27H,12,14,16-17H2,1-3H3,(H,29,30,31). The zero-order valence-corrected chi connectivity index (χ0v) is 22.3. The number of amides is 1. The minimum absolute atomic E-state index is 0.0247. The lowest BCUT2D eigenvalue weighted by Gasteiger charge is -2.32. The van der Waals surface area contributed by atoms with Crippen LogP contribution in [-0.4, -0.2) is 77.7 Å². The van der Waals surface area contributed by atoms with Gasteiger partial charge in [-0.2, -0.15) is 4.98 Å². The summed E-state index contributed by atoms with van der Waals surface area (Å²) < 4.78 is 27.3. The van der Waals surface area contributed by atoms with E-state index in [1.807, 2.05) is 39.9 Å². The van der Waals surface area contributed by atoms with Gasteiger partial charge in [-0.25, -0.2) is 18.4 Å². The summed E-state index contributed by atoms with van der Waals surface area (Å²) in [6.45, 7) is 4.64. The summed E-state index contributed by atoms with van der Waals surface area (Å²) in [5, 5.41) is 7.41. The van der Waals surface area contributed by atoms with Crippen molar-refractivity contribution in [3.8, 4) is 0 Å². The Labute approximate surface area is 221 Å². The van der Waals surface area contributed by atoms with Gasteiger partial charge in [-0.05, 0) is 43.3 Å². The number of hydrogen-bond acceptors (Lipinski definition) is 8. The molecule has 0 aliphatic carbocycles. The van der Waals surface area contributed by atoms with Crippen molar-refractivity contribution in [3.63, 3.8) is 0 Å². The van der Waals surface area contributed by atoms with E-state index in [9.17, 15) is 13.2 Å². The molecule has 1 atom stereocenters. The second kappa shape index (κ2) is 10.4. The smallest absolute Gasteiger partial charge is 0.253 e. The summed E-state index contributed by atoms with van der Waals surface area (Å²) in [4.78, 5) is 28.1. The first-order valence-electron chi connectivity index (χ1n) is 12.3. The zero-order valence-electron chi connectivity index (χ0n) is 21.5. The molecule has 12 heteroatoms.